The van der Waals surface area contributed by atoms with Crippen molar-refractivity contribution in [3.63, 3.8) is 0 Å². The fourth-order valence-electron chi connectivity index (χ4n) is 3.37. The molecule has 3 heterocycles. The third-order valence-corrected chi connectivity index (χ3v) is 4.70. The monoisotopic (exact) mass is 355 g/mol. The fourth-order valence-corrected chi connectivity index (χ4v) is 3.37. The Hall–Kier alpha value is -2.80. The molecule has 1 atom stereocenters. The summed E-state index contributed by atoms with van der Waals surface area (Å²) >= 11 is 0. The quantitative estimate of drug-likeness (QED) is 0.881. The van der Waals surface area contributed by atoms with Crippen molar-refractivity contribution < 1.29 is 19.0 Å². The van der Waals surface area contributed by atoms with E-state index in [1.165, 1.54) is 0 Å². The van der Waals surface area contributed by atoms with Gasteiger partial charge in [0.25, 0.3) is 0 Å². The highest BCUT2D eigenvalue weighted by molar-refractivity contribution is 5.90. The van der Waals surface area contributed by atoms with E-state index in [2.05, 4.69) is 15.6 Å². The number of urea groups is 1. The predicted molar refractivity (Wildman–Crippen MR) is 95.2 cm³/mol. The van der Waals surface area contributed by atoms with Crippen LogP contribution >= 0.6 is 0 Å². The van der Waals surface area contributed by atoms with Crippen LogP contribution in [0.1, 0.15) is 24.4 Å². The number of fused-ring (bicyclic) bond motifs is 1. The van der Waals surface area contributed by atoms with Crippen molar-refractivity contribution in [2.75, 3.05) is 25.3 Å². The lowest BCUT2D eigenvalue weighted by Crippen LogP contribution is -2.38. The molecule has 2 aliphatic heterocycles. The minimum atomic E-state index is -0.260. The highest BCUT2D eigenvalue weighted by Crippen LogP contribution is 2.34. The molecule has 0 unspecified atom stereocenters. The van der Waals surface area contributed by atoms with Gasteiger partial charge in [-0.3, -0.25) is 4.98 Å². The second kappa shape index (κ2) is 7.61. The molecule has 2 aromatic rings. The Labute approximate surface area is 151 Å². The number of hydrogen-bond donors (Lipinski definition) is 2. The zero-order valence-electron chi connectivity index (χ0n) is 14.3. The average Bonchev–Trinajstić information content (AvgIpc) is 3.15. The Morgan fingerprint density at radius 2 is 2.00 bits per heavy atom. The number of ether oxygens (including phenoxy) is 3. The standard InChI is InChI=1S/C19H21N3O4/c23-19(21-15-3-4-16-17(10-15)26-12-25-16)22-18(13-5-8-24-9-6-13)14-2-1-7-20-11-14/h1-4,7,10-11,13,18H,5-6,8-9,12H2,(H2,21,22,23)/t18-/m1/s1. The number of amides is 2. The van der Waals surface area contributed by atoms with Crippen LogP contribution in [0.3, 0.4) is 0 Å². The summed E-state index contributed by atoms with van der Waals surface area (Å²) in [5.74, 6) is 1.64. The van der Waals surface area contributed by atoms with Crippen LogP contribution in [0.5, 0.6) is 11.5 Å². The van der Waals surface area contributed by atoms with Gasteiger partial charge in [0.1, 0.15) is 0 Å². The molecule has 1 aromatic heterocycles. The molecule has 1 saturated heterocycles. The smallest absolute Gasteiger partial charge is 0.319 e. The van der Waals surface area contributed by atoms with E-state index >= 15 is 0 Å². The van der Waals surface area contributed by atoms with Gasteiger partial charge in [-0.2, -0.15) is 0 Å². The van der Waals surface area contributed by atoms with Gasteiger partial charge in [0.2, 0.25) is 6.79 Å². The lowest BCUT2D eigenvalue weighted by molar-refractivity contribution is 0.0550. The molecule has 136 valence electrons. The van der Waals surface area contributed by atoms with Crippen LogP contribution in [0.2, 0.25) is 0 Å². The molecule has 2 aliphatic rings. The second-order valence-electron chi connectivity index (χ2n) is 6.38. The van der Waals surface area contributed by atoms with Crippen molar-refractivity contribution >= 4 is 11.7 Å². The van der Waals surface area contributed by atoms with Crippen molar-refractivity contribution in [2.24, 2.45) is 5.92 Å². The summed E-state index contributed by atoms with van der Waals surface area (Å²) in [6.45, 7) is 1.64. The number of nitrogens with one attached hydrogen (secondary N) is 2. The summed E-state index contributed by atoms with van der Waals surface area (Å²) in [5.41, 5.74) is 1.66. The number of carbonyl (C=O) groups excluding carboxylic acids is 1. The summed E-state index contributed by atoms with van der Waals surface area (Å²) in [7, 11) is 0. The molecule has 0 bridgehead atoms. The lowest BCUT2D eigenvalue weighted by atomic mass is 9.88. The summed E-state index contributed by atoms with van der Waals surface area (Å²) in [6, 6.07) is 8.85. The first-order valence-electron chi connectivity index (χ1n) is 8.74. The summed E-state index contributed by atoms with van der Waals surface area (Å²) in [5, 5.41) is 5.98. The Bertz CT molecular complexity index is 763. The number of aromatic nitrogens is 1. The number of carbonyl (C=O) groups is 1. The Morgan fingerprint density at radius 1 is 1.15 bits per heavy atom. The van der Waals surface area contributed by atoms with Crippen LogP contribution in [0.4, 0.5) is 10.5 Å². The zero-order valence-corrected chi connectivity index (χ0v) is 14.3. The summed E-state index contributed by atoms with van der Waals surface area (Å²) in [6.07, 6.45) is 5.35. The van der Waals surface area contributed by atoms with Gasteiger partial charge in [-0.05, 0) is 42.5 Å². The number of pyridine rings is 1. The molecule has 7 nitrogen and oxygen atoms in total. The van der Waals surface area contributed by atoms with Gasteiger partial charge in [0.05, 0.1) is 6.04 Å². The molecule has 1 fully saturated rings. The van der Waals surface area contributed by atoms with Crippen LogP contribution in [-0.4, -0.2) is 31.0 Å². The van der Waals surface area contributed by atoms with Crippen molar-refractivity contribution in [1.29, 1.82) is 0 Å². The molecule has 26 heavy (non-hydrogen) atoms. The fraction of sp³-hybridized carbons (Fsp3) is 0.368. The van der Waals surface area contributed by atoms with Crippen LogP contribution in [0, 0.1) is 5.92 Å². The first-order chi connectivity index (χ1) is 12.8. The van der Waals surface area contributed by atoms with Gasteiger partial charge in [-0.15, -0.1) is 0 Å². The van der Waals surface area contributed by atoms with Gasteiger partial charge in [0, 0.05) is 37.4 Å². The third-order valence-electron chi connectivity index (χ3n) is 4.70. The second-order valence-corrected chi connectivity index (χ2v) is 6.38. The molecule has 2 N–H and O–H groups in total. The van der Waals surface area contributed by atoms with Crippen molar-refractivity contribution in [2.45, 2.75) is 18.9 Å². The number of benzene rings is 1. The molecular formula is C19H21N3O4. The molecule has 2 amide bonds. The van der Waals surface area contributed by atoms with E-state index in [-0.39, 0.29) is 18.9 Å². The largest absolute Gasteiger partial charge is 0.454 e. The number of nitrogens with zero attached hydrogens (tertiary/aromatic N) is 1. The molecule has 0 spiro atoms. The normalized spacial score (nSPS) is 17.5. The molecule has 0 aliphatic carbocycles. The Kier molecular flexibility index (Phi) is 4.88. The predicted octanol–water partition coefficient (Wildman–Crippen LogP) is 3.10. The van der Waals surface area contributed by atoms with Gasteiger partial charge in [-0.25, -0.2) is 4.79 Å². The SMILES string of the molecule is O=C(Nc1ccc2c(c1)OCO2)N[C@@H](c1cccnc1)C1CCOCC1. The van der Waals surface area contributed by atoms with Crippen LogP contribution < -0.4 is 20.1 Å². The van der Waals surface area contributed by atoms with Crippen LogP contribution in [-0.2, 0) is 4.74 Å². The van der Waals surface area contributed by atoms with E-state index in [1.54, 1.807) is 30.6 Å². The maximum Gasteiger partial charge on any atom is 0.319 e. The van der Waals surface area contributed by atoms with Crippen molar-refractivity contribution in [3.05, 3.63) is 48.3 Å². The van der Waals surface area contributed by atoms with E-state index < -0.39 is 0 Å². The van der Waals surface area contributed by atoms with E-state index in [0.29, 0.717) is 36.3 Å². The molecular weight excluding hydrogens is 334 g/mol. The first kappa shape index (κ1) is 16.7. The molecule has 4 rings (SSSR count). The number of anilines is 1. The van der Waals surface area contributed by atoms with Gasteiger partial charge >= 0.3 is 6.03 Å². The van der Waals surface area contributed by atoms with Gasteiger partial charge in [0.15, 0.2) is 11.5 Å². The van der Waals surface area contributed by atoms with E-state index in [4.69, 9.17) is 14.2 Å². The highest BCUT2D eigenvalue weighted by atomic mass is 16.7. The van der Waals surface area contributed by atoms with Gasteiger partial charge < -0.3 is 24.8 Å². The van der Waals surface area contributed by atoms with E-state index in [0.717, 1.165) is 18.4 Å². The Balaban J connectivity index is 1.47. The van der Waals surface area contributed by atoms with Crippen LogP contribution in [0.15, 0.2) is 42.7 Å². The van der Waals surface area contributed by atoms with E-state index in [9.17, 15) is 4.79 Å². The minimum absolute atomic E-state index is 0.110. The third kappa shape index (κ3) is 3.72. The van der Waals surface area contributed by atoms with E-state index in [1.807, 2.05) is 12.1 Å². The number of rotatable bonds is 4. The zero-order chi connectivity index (χ0) is 17.8. The van der Waals surface area contributed by atoms with Crippen LogP contribution in [0.25, 0.3) is 0 Å². The average molecular weight is 355 g/mol. The number of hydrogen-bond acceptors (Lipinski definition) is 5. The minimum Gasteiger partial charge on any atom is -0.454 e. The first-order valence-corrected chi connectivity index (χ1v) is 8.74. The summed E-state index contributed by atoms with van der Waals surface area (Å²) in [4.78, 5) is 16.8. The van der Waals surface area contributed by atoms with Gasteiger partial charge in [-0.1, -0.05) is 6.07 Å². The Morgan fingerprint density at radius 3 is 2.81 bits per heavy atom. The topological polar surface area (TPSA) is 81.7 Å². The molecule has 1 aromatic carbocycles. The molecule has 7 heteroatoms. The lowest BCUT2D eigenvalue weighted by Gasteiger charge is -2.31. The maximum atomic E-state index is 12.6. The summed E-state index contributed by atoms with van der Waals surface area (Å²) < 4.78 is 16.1. The maximum absolute atomic E-state index is 12.6. The van der Waals surface area contributed by atoms with Crippen molar-refractivity contribution in [1.82, 2.24) is 10.3 Å². The molecule has 0 saturated carbocycles. The molecule has 0 radical (unpaired) electrons. The van der Waals surface area contributed by atoms with Crippen molar-refractivity contribution in [3.8, 4) is 11.5 Å². The highest BCUT2D eigenvalue weighted by Gasteiger charge is 2.27.